The molecular weight excluding hydrogens is 683 g/mol. The average Bonchev–Trinajstić information content (AvgIpc) is 3.19. The Morgan fingerprint density at radius 1 is 0.436 bits per heavy atom. The van der Waals surface area contributed by atoms with E-state index in [1.54, 1.807) is 0 Å². The molecule has 0 bridgehead atoms. The van der Waals surface area contributed by atoms with Gasteiger partial charge in [0, 0.05) is 0 Å². The quantitative estimate of drug-likeness (QED) is 0.0313. The van der Waals surface area contributed by atoms with Gasteiger partial charge in [-0.3, -0.25) is 4.79 Å². The highest BCUT2D eigenvalue weighted by Crippen LogP contribution is 2.16. The molecule has 0 saturated carbocycles. The van der Waals surface area contributed by atoms with Gasteiger partial charge < -0.3 is 25.7 Å². The van der Waals surface area contributed by atoms with Crippen molar-refractivity contribution in [3.63, 3.8) is 0 Å². The summed E-state index contributed by atoms with van der Waals surface area (Å²) in [5.74, 6) is -0.593. The number of rotatable bonds is 44. The van der Waals surface area contributed by atoms with Crippen LogP contribution in [0.4, 0.5) is 0 Å². The number of amides is 1. The fourth-order valence-corrected chi connectivity index (χ4v) is 7.52. The third kappa shape index (κ3) is 38.1. The summed E-state index contributed by atoms with van der Waals surface area (Å²) in [6, 6.07) is -0.998. The molecule has 0 aromatic carbocycles. The first kappa shape index (κ1) is 53.8. The number of hydrogen-bond acceptors (Lipinski definition) is 5. The Kier molecular flexibility index (Phi) is 42.9. The van der Waals surface area contributed by atoms with Gasteiger partial charge in [-0.2, -0.15) is 0 Å². The zero-order valence-corrected chi connectivity index (χ0v) is 36.7. The van der Waals surface area contributed by atoms with Crippen molar-refractivity contribution in [2.45, 2.75) is 276 Å². The van der Waals surface area contributed by atoms with Crippen LogP contribution < -0.4 is 5.32 Å². The molecule has 4 atom stereocenters. The number of hydrogen-bond donors (Lipinski definition) is 5. The standard InChI is InChI=1S/C49H95NO5/c1-3-5-7-9-11-13-15-16-17-18-19-20-21-22-23-24-25-26-27-28-29-30-31-32-33-35-37-39-41-43-47(53)49(55)50-45(44-51)48(54)46(52)42-40-38-36-34-14-12-10-8-6-4-2/h22-23,34,36,45-48,51-54H,3-21,24-33,35,37-44H2,1-2H3,(H,50,55)/b23-22-,36-34+. The summed E-state index contributed by atoms with van der Waals surface area (Å²) in [5.41, 5.74) is 0. The minimum Gasteiger partial charge on any atom is -0.394 e. The van der Waals surface area contributed by atoms with E-state index in [4.69, 9.17) is 0 Å². The van der Waals surface area contributed by atoms with Gasteiger partial charge in [-0.05, 0) is 64.2 Å². The first-order valence-corrected chi connectivity index (χ1v) is 24.2. The monoisotopic (exact) mass is 778 g/mol. The molecular formula is C49H95NO5. The molecule has 6 heteroatoms. The summed E-state index contributed by atoms with van der Waals surface area (Å²) in [4.78, 5) is 12.5. The zero-order valence-electron chi connectivity index (χ0n) is 36.7. The Balaban J connectivity index is 3.59. The summed E-state index contributed by atoms with van der Waals surface area (Å²) in [6.07, 6.45) is 51.0. The van der Waals surface area contributed by atoms with E-state index >= 15 is 0 Å². The number of nitrogens with one attached hydrogen (secondary N) is 1. The molecule has 326 valence electrons. The topological polar surface area (TPSA) is 110 Å². The number of carbonyl (C=O) groups excluding carboxylic acids is 1. The van der Waals surface area contributed by atoms with Crippen molar-refractivity contribution in [2.24, 2.45) is 0 Å². The highest BCUT2D eigenvalue weighted by Gasteiger charge is 2.28. The Bertz CT molecular complexity index is 832. The Hall–Kier alpha value is -1.21. The maximum atomic E-state index is 12.5. The van der Waals surface area contributed by atoms with Crippen molar-refractivity contribution < 1.29 is 25.2 Å². The summed E-state index contributed by atoms with van der Waals surface area (Å²) in [7, 11) is 0. The molecule has 0 aliphatic rings. The lowest BCUT2D eigenvalue weighted by Crippen LogP contribution is -2.53. The van der Waals surface area contributed by atoms with Crippen LogP contribution in [0, 0.1) is 0 Å². The third-order valence-electron chi connectivity index (χ3n) is 11.4. The van der Waals surface area contributed by atoms with Gasteiger partial charge in [0.05, 0.1) is 18.8 Å². The van der Waals surface area contributed by atoms with Crippen LogP contribution in [0.1, 0.15) is 251 Å². The van der Waals surface area contributed by atoms with Crippen molar-refractivity contribution in [1.82, 2.24) is 5.32 Å². The first-order valence-electron chi connectivity index (χ1n) is 24.2. The second-order valence-corrected chi connectivity index (χ2v) is 16.8. The Morgan fingerprint density at radius 3 is 1.09 bits per heavy atom. The maximum Gasteiger partial charge on any atom is 0.249 e. The molecule has 0 aliphatic carbocycles. The Labute approximate surface area is 342 Å². The largest absolute Gasteiger partial charge is 0.394 e. The molecule has 1 amide bonds. The molecule has 5 N–H and O–H groups in total. The van der Waals surface area contributed by atoms with Crippen LogP contribution in [0.15, 0.2) is 24.3 Å². The van der Waals surface area contributed by atoms with E-state index in [1.165, 1.54) is 186 Å². The number of aliphatic hydroxyl groups is 4. The fraction of sp³-hybridized carbons (Fsp3) is 0.898. The van der Waals surface area contributed by atoms with Crippen molar-refractivity contribution >= 4 is 5.91 Å². The molecule has 0 heterocycles. The lowest BCUT2D eigenvalue weighted by atomic mass is 10.00. The molecule has 6 nitrogen and oxygen atoms in total. The van der Waals surface area contributed by atoms with Crippen LogP contribution in [0.5, 0.6) is 0 Å². The number of carbonyl (C=O) groups is 1. The van der Waals surface area contributed by atoms with Crippen LogP contribution >= 0.6 is 0 Å². The van der Waals surface area contributed by atoms with Crippen molar-refractivity contribution in [1.29, 1.82) is 0 Å². The lowest BCUT2D eigenvalue weighted by molar-refractivity contribution is -0.132. The number of allylic oxidation sites excluding steroid dienone is 4. The van der Waals surface area contributed by atoms with E-state index in [2.05, 4.69) is 43.5 Å². The van der Waals surface area contributed by atoms with Gasteiger partial charge in [-0.25, -0.2) is 0 Å². The first-order chi connectivity index (χ1) is 27.0. The van der Waals surface area contributed by atoms with Crippen LogP contribution in [-0.4, -0.2) is 57.3 Å². The van der Waals surface area contributed by atoms with E-state index in [1.807, 2.05) is 0 Å². The van der Waals surface area contributed by atoms with Gasteiger partial charge >= 0.3 is 0 Å². The highest BCUT2D eigenvalue weighted by molar-refractivity contribution is 5.80. The van der Waals surface area contributed by atoms with E-state index in [0.717, 1.165) is 38.5 Å². The molecule has 0 saturated heterocycles. The van der Waals surface area contributed by atoms with E-state index in [9.17, 15) is 25.2 Å². The highest BCUT2D eigenvalue weighted by atomic mass is 16.3. The van der Waals surface area contributed by atoms with E-state index in [-0.39, 0.29) is 0 Å². The molecule has 0 spiro atoms. The minimum atomic E-state index is -1.28. The molecule has 55 heavy (non-hydrogen) atoms. The van der Waals surface area contributed by atoms with Gasteiger partial charge in [-0.1, -0.05) is 212 Å². The summed E-state index contributed by atoms with van der Waals surface area (Å²) >= 11 is 0. The van der Waals surface area contributed by atoms with Gasteiger partial charge in [0.15, 0.2) is 0 Å². The molecule has 0 radical (unpaired) electrons. The van der Waals surface area contributed by atoms with E-state index < -0.39 is 36.9 Å². The smallest absolute Gasteiger partial charge is 0.249 e. The molecule has 0 fully saturated rings. The van der Waals surface area contributed by atoms with Gasteiger partial charge in [0.2, 0.25) is 5.91 Å². The summed E-state index contributed by atoms with van der Waals surface area (Å²) < 4.78 is 0. The predicted molar refractivity (Wildman–Crippen MR) is 237 cm³/mol. The van der Waals surface area contributed by atoms with Gasteiger partial charge in [0.1, 0.15) is 12.2 Å². The van der Waals surface area contributed by atoms with E-state index in [0.29, 0.717) is 12.8 Å². The maximum absolute atomic E-state index is 12.5. The third-order valence-corrected chi connectivity index (χ3v) is 11.4. The fourth-order valence-electron chi connectivity index (χ4n) is 7.52. The van der Waals surface area contributed by atoms with Crippen molar-refractivity contribution in [3.05, 3.63) is 24.3 Å². The Morgan fingerprint density at radius 2 is 0.745 bits per heavy atom. The normalized spacial score (nSPS) is 14.2. The van der Waals surface area contributed by atoms with Crippen LogP contribution in [0.2, 0.25) is 0 Å². The number of aliphatic hydroxyl groups excluding tert-OH is 4. The van der Waals surface area contributed by atoms with Crippen molar-refractivity contribution in [2.75, 3.05) is 6.61 Å². The van der Waals surface area contributed by atoms with Crippen LogP contribution in [-0.2, 0) is 4.79 Å². The predicted octanol–water partition coefficient (Wildman–Crippen LogP) is 13.1. The lowest BCUT2D eigenvalue weighted by Gasteiger charge is -2.27. The molecule has 0 aliphatic heterocycles. The zero-order chi connectivity index (χ0) is 40.3. The average molecular weight is 778 g/mol. The molecule has 0 aromatic rings. The van der Waals surface area contributed by atoms with Crippen LogP contribution in [0.25, 0.3) is 0 Å². The summed E-state index contributed by atoms with van der Waals surface area (Å²) in [6.45, 7) is 4.02. The second-order valence-electron chi connectivity index (χ2n) is 16.8. The van der Waals surface area contributed by atoms with Gasteiger partial charge in [-0.15, -0.1) is 0 Å². The second kappa shape index (κ2) is 43.9. The molecule has 4 unspecified atom stereocenters. The van der Waals surface area contributed by atoms with Gasteiger partial charge in [0.25, 0.3) is 0 Å². The van der Waals surface area contributed by atoms with Crippen LogP contribution in [0.3, 0.4) is 0 Å². The van der Waals surface area contributed by atoms with Crippen molar-refractivity contribution in [3.8, 4) is 0 Å². The number of unbranched alkanes of at least 4 members (excludes halogenated alkanes) is 31. The molecule has 0 aromatic heterocycles. The minimum absolute atomic E-state index is 0.364. The summed E-state index contributed by atoms with van der Waals surface area (Å²) in [5, 5.41) is 43.5. The SMILES string of the molecule is CCCCCCC/C=C/CCCC(O)C(O)C(CO)NC(=O)C(O)CCCCCCCCCCCCCCC/C=C\CCCCCCCCCCCCCC. The molecule has 0 rings (SSSR count).